The summed E-state index contributed by atoms with van der Waals surface area (Å²) in [5.74, 6) is 5.31. The first kappa shape index (κ1) is 18.3. The van der Waals surface area contributed by atoms with Crippen LogP contribution in [0.2, 0.25) is 0 Å². The maximum absolute atomic E-state index is 11.7. The van der Waals surface area contributed by atoms with Gasteiger partial charge in [-0.05, 0) is 18.1 Å². The second kappa shape index (κ2) is 9.28. The van der Waals surface area contributed by atoms with Gasteiger partial charge in [0.15, 0.2) is 0 Å². The number of nitrogens with one attached hydrogen (secondary N) is 1. The van der Waals surface area contributed by atoms with Crippen molar-refractivity contribution in [1.29, 1.82) is 0 Å². The Kier molecular flexibility index (Phi) is 6.78. The summed E-state index contributed by atoms with van der Waals surface area (Å²) >= 11 is 0. The number of ether oxygens (including phenoxy) is 1. The van der Waals surface area contributed by atoms with Gasteiger partial charge in [-0.25, -0.2) is 0 Å². The number of amides is 3. The average molecular weight is 340 g/mol. The molecule has 0 bridgehead atoms. The number of allylic oxidation sites excluding steroid dienone is 1. The van der Waals surface area contributed by atoms with Crippen molar-refractivity contribution >= 4 is 17.7 Å². The Hall–Kier alpha value is -3.07. The van der Waals surface area contributed by atoms with E-state index in [-0.39, 0.29) is 44.4 Å². The van der Waals surface area contributed by atoms with E-state index in [9.17, 15) is 14.4 Å². The Morgan fingerprint density at radius 1 is 1.24 bits per heavy atom. The van der Waals surface area contributed by atoms with Gasteiger partial charge in [-0.3, -0.25) is 19.3 Å². The molecular weight excluding hydrogens is 320 g/mol. The summed E-state index contributed by atoms with van der Waals surface area (Å²) in [5.41, 5.74) is 1.03. The number of hydrogen-bond donors (Lipinski definition) is 1. The Labute approximate surface area is 146 Å². The van der Waals surface area contributed by atoms with Gasteiger partial charge < -0.3 is 10.1 Å². The molecule has 6 nitrogen and oxygen atoms in total. The predicted molar refractivity (Wildman–Crippen MR) is 92.6 cm³/mol. The van der Waals surface area contributed by atoms with Gasteiger partial charge in [0, 0.05) is 12.8 Å². The zero-order valence-corrected chi connectivity index (χ0v) is 13.9. The Bertz CT molecular complexity index is 714. The third-order valence-corrected chi connectivity index (χ3v) is 3.59. The van der Waals surface area contributed by atoms with Gasteiger partial charge in [-0.1, -0.05) is 36.1 Å². The Morgan fingerprint density at radius 3 is 2.68 bits per heavy atom. The first-order valence-electron chi connectivity index (χ1n) is 7.99. The van der Waals surface area contributed by atoms with E-state index in [1.54, 1.807) is 6.08 Å². The van der Waals surface area contributed by atoms with E-state index in [0.29, 0.717) is 6.42 Å². The second-order valence-electron chi connectivity index (χ2n) is 5.39. The van der Waals surface area contributed by atoms with E-state index < -0.39 is 5.91 Å². The lowest BCUT2D eigenvalue weighted by atomic mass is 10.1. The van der Waals surface area contributed by atoms with Crippen LogP contribution in [0.3, 0.4) is 0 Å². The van der Waals surface area contributed by atoms with E-state index in [2.05, 4.69) is 23.7 Å². The molecule has 3 amide bonds. The molecule has 1 heterocycles. The molecular formula is C19H20N2O4. The molecule has 25 heavy (non-hydrogen) atoms. The summed E-state index contributed by atoms with van der Waals surface area (Å²) in [7, 11) is 0. The summed E-state index contributed by atoms with van der Waals surface area (Å²) in [6, 6.07) is 7.65. The van der Waals surface area contributed by atoms with Crippen molar-refractivity contribution in [2.75, 3.05) is 19.7 Å². The Morgan fingerprint density at radius 2 is 1.96 bits per heavy atom. The molecule has 0 aromatic heterocycles. The van der Waals surface area contributed by atoms with Gasteiger partial charge in [0.2, 0.25) is 17.7 Å². The SMILES string of the molecule is C=CCc1ccccc1OCC#CCNC(=O)CN1C(=O)CCC1=O. The molecule has 2 rings (SSSR count). The van der Waals surface area contributed by atoms with Crippen LogP contribution in [0, 0.1) is 11.8 Å². The van der Waals surface area contributed by atoms with Crippen LogP contribution in [-0.4, -0.2) is 42.3 Å². The molecule has 1 aromatic carbocycles. The zero-order valence-electron chi connectivity index (χ0n) is 13.9. The van der Waals surface area contributed by atoms with Crippen molar-refractivity contribution in [3.8, 4) is 17.6 Å². The topological polar surface area (TPSA) is 75.7 Å². The summed E-state index contributed by atoms with van der Waals surface area (Å²) in [4.78, 5) is 35.5. The molecule has 0 radical (unpaired) electrons. The minimum atomic E-state index is -0.407. The van der Waals surface area contributed by atoms with Crippen molar-refractivity contribution in [3.63, 3.8) is 0 Å². The van der Waals surface area contributed by atoms with Gasteiger partial charge >= 0.3 is 0 Å². The van der Waals surface area contributed by atoms with Crippen LogP contribution < -0.4 is 10.1 Å². The normalized spacial score (nSPS) is 13.2. The summed E-state index contributed by atoms with van der Waals surface area (Å²) in [6.07, 6.45) is 2.88. The first-order chi connectivity index (χ1) is 12.1. The van der Waals surface area contributed by atoms with E-state index in [0.717, 1.165) is 16.2 Å². The molecule has 0 spiro atoms. The van der Waals surface area contributed by atoms with Crippen molar-refractivity contribution in [3.05, 3.63) is 42.5 Å². The molecule has 0 saturated carbocycles. The highest BCUT2D eigenvalue weighted by Gasteiger charge is 2.30. The van der Waals surface area contributed by atoms with E-state index in [4.69, 9.17) is 4.74 Å². The summed E-state index contributed by atoms with van der Waals surface area (Å²) < 4.78 is 5.60. The van der Waals surface area contributed by atoms with Crippen LogP contribution in [-0.2, 0) is 20.8 Å². The van der Waals surface area contributed by atoms with Crippen LogP contribution in [0.1, 0.15) is 18.4 Å². The van der Waals surface area contributed by atoms with Crippen LogP contribution in [0.5, 0.6) is 5.75 Å². The highest BCUT2D eigenvalue weighted by molar-refractivity contribution is 6.04. The molecule has 1 fully saturated rings. The minimum absolute atomic E-state index is 0.132. The molecule has 130 valence electrons. The molecule has 1 aliphatic rings. The van der Waals surface area contributed by atoms with Gasteiger partial charge in [0.25, 0.3) is 0 Å². The fourth-order valence-corrected chi connectivity index (χ4v) is 2.34. The molecule has 0 aliphatic carbocycles. The fraction of sp³-hybridized carbons (Fsp3) is 0.316. The number of carbonyl (C=O) groups excluding carboxylic acids is 3. The molecule has 1 saturated heterocycles. The van der Waals surface area contributed by atoms with Crippen LogP contribution >= 0.6 is 0 Å². The van der Waals surface area contributed by atoms with Crippen molar-refractivity contribution in [2.45, 2.75) is 19.3 Å². The van der Waals surface area contributed by atoms with Crippen LogP contribution in [0.15, 0.2) is 36.9 Å². The number of likely N-dealkylation sites (tertiary alicyclic amines) is 1. The third kappa shape index (κ3) is 5.50. The quantitative estimate of drug-likeness (QED) is 0.458. The highest BCUT2D eigenvalue weighted by Crippen LogP contribution is 2.18. The second-order valence-corrected chi connectivity index (χ2v) is 5.39. The number of benzene rings is 1. The van der Waals surface area contributed by atoms with Gasteiger partial charge in [-0.2, -0.15) is 0 Å². The predicted octanol–water partition coefficient (Wildman–Crippen LogP) is 1.06. The lowest BCUT2D eigenvalue weighted by Gasteiger charge is -2.12. The largest absolute Gasteiger partial charge is 0.481 e. The summed E-state index contributed by atoms with van der Waals surface area (Å²) in [5, 5.41) is 2.55. The van der Waals surface area contributed by atoms with E-state index >= 15 is 0 Å². The molecule has 1 aromatic rings. The van der Waals surface area contributed by atoms with Gasteiger partial charge in [0.1, 0.15) is 18.9 Å². The number of carbonyl (C=O) groups is 3. The smallest absolute Gasteiger partial charge is 0.240 e. The summed E-state index contributed by atoms with van der Waals surface area (Å²) in [6.45, 7) is 3.80. The first-order valence-corrected chi connectivity index (χ1v) is 7.99. The van der Waals surface area contributed by atoms with Crippen molar-refractivity contribution in [2.24, 2.45) is 0 Å². The molecule has 0 unspecified atom stereocenters. The average Bonchev–Trinajstić information content (AvgIpc) is 2.91. The van der Waals surface area contributed by atoms with Crippen molar-refractivity contribution in [1.82, 2.24) is 10.2 Å². The number of nitrogens with zero attached hydrogens (tertiary/aromatic N) is 1. The fourth-order valence-electron chi connectivity index (χ4n) is 2.34. The number of rotatable bonds is 7. The maximum atomic E-state index is 11.7. The van der Waals surface area contributed by atoms with Gasteiger partial charge in [-0.15, -0.1) is 6.58 Å². The van der Waals surface area contributed by atoms with E-state index in [1.807, 2.05) is 24.3 Å². The minimum Gasteiger partial charge on any atom is -0.481 e. The maximum Gasteiger partial charge on any atom is 0.240 e. The number of imide groups is 1. The standard InChI is InChI=1S/C19H20N2O4/c1-2-7-15-8-3-4-9-16(15)25-13-6-5-12-20-17(22)14-21-18(23)10-11-19(21)24/h2-4,8-9H,1,7,10-14H2,(H,20,22). The lowest BCUT2D eigenvalue weighted by Crippen LogP contribution is -2.40. The third-order valence-electron chi connectivity index (χ3n) is 3.59. The van der Waals surface area contributed by atoms with Crippen LogP contribution in [0.4, 0.5) is 0 Å². The lowest BCUT2D eigenvalue weighted by molar-refractivity contribution is -0.142. The van der Waals surface area contributed by atoms with E-state index in [1.165, 1.54) is 0 Å². The molecule has 1 N–H and O–H groups in total. The molecule has 1 aliphatic heterocycles. The molecule has 6 heteroatoms. The molecule has 0 atom stereocenters. The van der Waals surface area contributed by atoms with Crippen molar-refractivity contribution < 1.29 is 19.1 Å². The monoisotopic (exact) mass is 340 g/mol. The van der Waals surface area contributed by atoms with Gasteiger partial charge in [0.05, 0.1) is 6.54 Å². The Balaban J connectivity index is 1.71. The number of para-hydroxylation sites is 1. The highest BCUT2D eigenvalue weighted by atomic mass is 16.5. The number of hydrogen-bond acceptors (Lipinski definition) is 4. The van der Waals surface area contributed by atoms with Crippen LogP contribution in [0.25, 0.3) is 0 Å². The zero-order chi connectivity index (χ0) is 18.1.